The molecule has 2 aliphatic rings. The highest BCUT2D eigenvalue weighted by Crippen LogP contribution is 2.45. The van der Waals surface area contributed by atoms with Crippen LogP contribution in [-0.2, 0) is 0 Å². The molecule has 3 heteroatoms. The highest BCUT2D eigenvalue weighted by Gasteiger charge is 2.34. The maximum absolute atomic E-state index is 11.2. The first-order valence-corrected chi connectivity index (χ1v) is 6.36. The monoisotopic (exact) mass is 231 g/mol. The smallest absolute Gasteiger partial charge is 0.407 e. The summed E-state index contributed by atoms with van der Waals surface area (Å²) >= 11 is 0. The van der Waals surface area contributed by atoms with Gasteiger partial charge < -0.3 is 10.0 Å². The van der Waals surface area contributed by atoms with Gasteiger partial charge in [-0.2, -0.15) is 0 Å². The lowest BCUT2D eigenvalue weighted by Crippen LogP contribution is -2.29. The van der Waals surface area contributed by atoms with Gasteiger partial charge in [0.2, 0.25) is 0 Å². The topological polar surface area (TPSA) is 40.5 Å². The van der Waals surface area contributed by atoms with Gasteiger partial charge in [0.15, 0.2) is 0 Å². The van der Waals surface area contributed by atoms with Gasteiger partial charge >= 0.3 is 6.09 Å². The molecule has 1 aromatic rings. The predicted octanol–water partition coefficient (Wildman–Crippen LogP) is 3.38. The molecule has 1 unspecified atom stereocenters. The molecule has 1 aliphatic heterocycles. The molecule has 0 bridgehead atoms. The highest BCUT2D eigenvalue weighted by molar-refractivity contribution is 5.66. The second-order valence-corrected chi connectivity index (χ2v) is 5.04. The summed E-state index contributed by atoms with van der Waals surface area (Å²) in [5.41, 5.74) is 2.63. The predicted molar refractivity (Wildman–Crippen MR) is 65.1 cm³/mol. The molecule has 3 rings (SSSR count). The number of carboxylic acid groups (broad SMARTS) is 1. The van der Waals surface area contributed by atoms with Crippen molar-refractivity contribution >= 4 is 6.09 Å². The van der Waals surface area contributed by atoms with E-state index in [0.29, 0.717) is 12.5 Å². The molecule has 1 aromatic carbocycles. The molecule has 1 saturated heterocycles. The lowest BCUT2D eigenvalue weighted by atomic mass is 9.96. The van der Waals surface area contributed by atoms with Crippen LogP contribution in [0.2, 0.25) is 0 Å². The van der Waals surface area contributed by atoms with Crippen molar-refractivity contribution < 1.29 is 9.90 Å². The molecule has 0 spiro atoms. The Balaban J connectivity index is 1.95. The Morgan fingerprint density at radius 1 is 1.18 bits per heavy atom. The Morgan fingerprint density at radius 3 is 2.53 bits per heavy atom. The van der Waals surface area contributed by atoms with Crippen molar-refractivity contribution in [1.29, 1.82) is 0 Å². The van der Waals surface area contributed by atoms with Crippen LogP contribution >= 0.6 is 0 Å². The molecular formula is C14H17NO2. The maximum Gasteiger partial charge on any atom is 0.407 e. The summed E-state index contributed by atoms with van der Waals surface area (Å²) in [5, 5.41) is 9.22. The molecule has 1 amide bonds. The number of likely N-dealkylation sites (tertiary alicyclic amines) is 1. The van der Waals surface area contributed by atoms with Crippen LogP contribution in [0, 0.1) is 0 Å². The lowest BCUT2D eigenvalue weighted by molar-refractivity contribution is 0.140. The van der Waals surface area contributed by atoms with Crippen LogP contribution < -0.4 is 0 Å². The molecule has 1 atom stereocenters. The Labute approximate surface area is 101 Å². The van der Waals surface area contributed by atoms with E-state index in [1.165, 1.54) is 24.0 Å². The van der Waals surface area contributed by atoms with Gasteiger partial charge in [-0.3, -0.25) is 0 Å². The molecular weight excluding hydrogens is 214 g/mol. The fraction of sp³-hybridized carbons (Fsp3) is 0.500. The van der Waals surface area contributed by atoms with Crippen LogP contribution in [0.1, 0.15) is 48.8 Å². The largest absolute Gasteiger partial charge is 0.465 e. The van der Waals surface area contributed by atoms with Crippen molar-refractivity contribution in [2.24, 2.45) is 0 Å². The van der Waals surface area contributed by atoms with Gasteiger partial charge in [0, 0.05) is 6.54 Å². The van der Waals surface area contributed by atoms with Crippen molar-refractivity contribution in [1.82, 2.24) is 4.90 Å². The molecule has 1 heterocycles. The first-order chi connectivity index (χ1) is 8.27. The Bertz CT molecular complexity index is 440. The van der Waals surface area contributed by atoms with Gasteiger partial charge in [-0.05, 0) is 42.7 Å². The van der Waals surface area contributed by atoms with Gasteiger partial charge in [-0.25, -0.2) is 4.79 Å². The molecule has 0 radical (unpaired) electrons. The van der Waals surface area contributed by atoms with Gasteiger partial charge in [-0.15, -0.1) is 0 Å². The standard InChI is InChI=1S/C14H17NO2/c16-14(17)15-9-3-6-13(15)12-5-2-1-4-11(12)10-7-8-10/h1-2,4-5,10,13H,3,6-9H2,(H,16,17). The first kappa shape index (κ1) is 10.6. The zero-order valence-corrected chi connectivity index (χ0v) is 9.80. The summed E-state index contributed by atoms with van der Waals surface area (Å²) < 4.78 is 0. The summed E-state index contributed by atoms with van der Waals surface area (Å²) in [6, 6.07) is 8.46. The molecule has 0 aromatic heterocycles. The number of hydrogen-bond donors (Lipinski definition) is 1. The van der Waals surface area contributed by atoms with Crippen molar-refractivity contribution in [2.45, 2.75) is 37.6 Å². The fourth-order valence-corrected chi connectivity index (χ4v) is 2.90. The van der Waals surface area contributed by atoms with Crippen LogP contribution in [0.5, 0.6) is 0 Å². The minimum absolute atomic E-state index is 0.0873. The van der Waals surface area contributed by atoms with Crippen LogP contribution in [0.3, 0.4) is 0 Å². The number of rotatable bonds is 2. The molecule has 17 heavy (non-hydrogen) atoms. The fourth-order valence-electron chi connectivity index (χ4n) is 2.90. The average molecular weight is 231 g/mol. The number of nitrogens with zero attached hydrogens (tertiary/aromatic N) is 1. The summed E-state index contributed by atoms with van der Waals surface area (Å²) in [6.07, 6.45) is 3.69. The van der Waals surface area contributed by atoms with Crippen molar-refractivity contribution in [3.8, 4) is 0 Å². The van der Waals surface area contributed by atoms with Crippen LogP contribution in [0.15, 0.2) is 24.3 Å². The summed E-state index contributed by atoms with van der Waals surface area (Å²) in [5.74, 6) is 0.683. The molecule has 2 fully saturated rings. The maximum atomic E-state index is 11.2. The van der Waals surface area contributed by atoms with Crippen molar-refractivity contribution in [2.75, 3.05) is 6.54 Å². The third-order valence-corrected chi connectivity index (χ3v) is 3.87. The number of carbonyl (C=O) groups is 1. The van der Waals surface area contributed by atoms with E-state index in [0.717, 1.165) is 12.8 Å². The lowest BCUT2D eigenvalue weighted by Gasteiger charge is -2.24. The van der Waals surface area contributed by atoms with E-state index in [4.69, 9.17) is 0 Å². The van der Waals surface area contributed by atoms with Gasteiger partial charge in [0.25, 0.3) is 0 Å². The third kappa shape index (κ3) is 1.90. The minimum atomic E-state index is -0.780. The Hall–Kier alpha value is -1.51. The molecule has 1 N–H and O–H groups in total. The molecule has 3 nitrogen and oxygen atoms in total. The minimum Gasteiger partial charge on any atom is -0.465 e. The molecule has 1 aliphatic carbocycles. The van der Waals surface area contributed by atoms with Gasteiger partial charge in [0.05, 0.1) is 6.04 Å². The van der Waals surface area contributed by atoms with E-state index in [1.807, 2.05) is 6.07 Å². The molecule has 90 valence electrons. The van der Waals surface area contributed by atoms with Crippen LogP contribution in [0.4, 0.5) is 4.79 Å². The van der Waals surface area contributed by atoms with E-state index in [1.54, 1.807) is 4.90 Å². The van der Waals surface area contributed by atoms with Crippen molar-refractivity contribution in [3.63, 3.8) is 0 Å². The molecule has 1 saturated carbocycles. The summed E-state index contributed by atoms with van der Waals surface area (Å²) in [6.45, 7) is 0.680. The summed E-state index contributed by atoms with van der Waals surface area (Å²) in [7, 11) is 0. The quantitative estimate of drug-likeness (QED) is 0.847. The Kier molecular flexibility index (Phi) is 2.54. The zero-order valence-electron chi connectivity index (χ0n) is 9.80. The number of hydrogen-bond acceptors (Lipinski definition) is 1. The first-order valence-electron chi connectivity index (χ1n) is 6.36. The van der Waals surface area contributed by atoms with Crippen LogP contribution in [-0.4, -0.2) is 22.6 Å². The van der Waals surface area contributed by atoms with Crippen LogP contribution in [0.25, 0.3) is 0 Å². The van der Waals surface area contributed by atoms with E-state index in [-0.39, 0.29) is 6.04 Å². The number of amides is 1. The second-order valence-electron chi connectivity index (χ2n) is 5.04. The number of benzene rings is 1. The Morgan fingerprint density at radius 2 is 1.88 bits per heavy atom. The van der Waals surface area contributed by atoms with E-state index in [2.05, 4.69) is 18.2 Å². The normalized spacial score (nSPS) is 24.0. The summed E-state index contributed by atoms with van der Waals surface area (Å²) in [4.78, 5) is 12.8. The average Bonchev–Trinajstić information content (AvgIpc) is 3.06. The second kappa shape index (κ2) is 4.06. The highest BCUT2D eigenvalue weighted by atomic mass is 16.4. The SMILES string of the molecule is O=C(O)N1CCCC1c1ccccc1C1CC1. The third-order valence-electron chi connectivity index (χ3n) is 3.87. The zero-order chi connectivity index (χ0) is 11.8. The van der Waals surface area contributed by atoms with E-state index < -0.39 is 6.09 Å². The van der Waals surface area contributed by atoms with E-state index in [9.17, 15) is 9.90 Å². The van der Waals surface area contributed by atoms with Crippen molar-refractivity contribution in [3.05, 3.63) is 35.4 Å². The van der Waals surface area contributed by atoms with Gasteiger partial charge in [0.1, 0.15) is 0 Å². The van der Waals surface area contributed by atoms with E-state index >= 15 is 0 Å². The van der Waals surface area contributed by atoms with Gasteiger partial charge in [-0.1, -0.05) is 24.3 Å².